The molecule has 4 amide bonds. The van der Waals surface area contributed by atoms with Crippen molar-refractivity contribution >= 4 is 17.8 Å². The molecule has 3 rings (SSSR count). The first-order valence-corrected chi connectivity index (χ1v) is 8.43. The van der Waals surface area contributed by atoms with Crippen molar-refractivity contribution in [3.05, 3.63) is 30.1 Å². The Balaban J connectivity index is 1.49. The number of hydrogen-bond donors (Lipinski definition) is 2. The van der Waals surface area contributed by atoms with Gasteiger partial charge in [-0.15, -0.1) is 0 Å². The van der Waals surface area contributed by atoms with Crippen LogP contribution in [0.4, 0.5) is 4.79 Å². The first kappa shape index (κ1) is 16.4. The zero-order valence-electron chi connectivity index (χ0n) is 13.5. The van der Waals surface area contributed by atoms with E-state index in [1.54, 1.807) is 6.20 Å². The smallest absolute Gasteiger partial charge is 0.324 e. The second-order valence-corrected chi connectivity index (χ2v) is 6.28. The average molecular weight is 330 g/mol. The van der Waals surface area contributed by atoms with Gasteiger partial charge in [0.2, 0.25) is 11.8 Å². The van der Waals surface area contributed by atoms with Crippen LogP contribution in [0.1, 0.15) is 37.8 Å². The number of urea groups is 1. The molecule has 1 aromatic rings. The van der Waals surface area contributed by atoms with E-state index >= 15 is 0 Å². The Hall–Kier alpha value is -2.44. The number of imide groups is 1. The summed E-state index contributed by atoms with van der Waals surface area (Å²) >= 11 is 0. The van der Waals surface area contributed by atoms with E-state index in [1.165, 1.54) is 4.90 Å². The number of hydrogen-bond acceptors (Lipinski definition) is 4. The first-order chi connectivity index (χ1) is 11.6. The third-order valence-corrected chi connectivity index (χ3v) is 4.66. The topological polar surface area (TPSA) is 91.4 Å². The van der Waals surface area contributed by atoms with E-state index in [-0.39, 0.29) is 42.8 Å². The quantitative estimate of drug-likeness (QED) is 0.848. The highest BCUT2D eigenvalue weighted by molar-refractivity contribution is 5.99. The van der Waals surface area contributed by atoms with Crippen LogP contribution in [0.15, 0.2) is 24.4 Å². The maximum atomic E-state index is 12.5. The molecule has 7 nitrogen and oxygen atoms in total. The Morgan fingerprint density at radius 3 is 2.92 bits per heavy atom. The van der Waals surface area contributed by atoms with Gasteiger partial charge in [0.1, 0.15) is 0 Å². The standard InChI is InChI=1S/C17H22N4O3/c22-15(19-11-12-5-3-4-9-18-12)8-10-21-16(23)13-6-1-2-7-14(13)20-17(21)24/h3-5,9,13-14H,1-2,6-8,10-11H2,(H,19,22)(H,20,24). The molecule has 2 atom stereocenters. The van der Waals surface area contributed by atoms with Gasteiger partial charge in [-0.3, -0.25) is 19.5 Å². The van der Waals surface area contributed by atoms with Gasteiger partial charge in [-0.05, 0) is 25.0 Å². The summed E-state index contributed by atoms with van der Waals surface area (Å²) in [6.45, 7) is 0.451. The van der Waals surface area contributed by atoms with E-state index in [2.05, 4.69) is 15.6 Å². The fourth-order valence-electron chi connectivity index (χ4n) is 3.34. The minimum absolute atomic E-state index is 0.0343. The molecule has 2 fully saturated rings. The van der Waals surface area contributed by atoms with E-state index in [4.69, 9.17) is 0 Å². The molecule has 7 heteroatoms. The second-order valence-electron chi connectivity index (χ2n) is 6.28. The van der Waals surface area contributed by atoms with E-state index < -0.39 is 0 Å². The lowest BCUT2D eigenvalue weighted by molar-refractivity contribution is -0.136. The molecule has 0 bridgehead atoms. The van der Waals surface area contributed by atoms with E-state index in [9.17, 15) is 14.4 Å². The van der Waals surface area contributed by atoms with Gasteiger partial charge >= 0.3 is 6.03 Å². The van der Waals surface area contributed by atoms with Crippen molar-refractivity contribution < 1.29 is 14.4 Å². The first-order valence-electron chi connectivity index (χ1n) is 8.43. The van der Waals surface area contributed by atoms with Crippen molar-refractivity contribution in [2.45, 2.75) is 44.7 Å². The van der Waals surface area contributed by atoms with Gasteiger partial charge in [0.05, 0.1) is 18.2 Å². The summed E-state index contributed by atoms with van der Waals surface area (Å²) < 4.78 is 0. The molecule has 0 radical (unpaired) electrons. The Kier molecular flexibility index (Phi) is 5.08. The third kappa shape index (κ3) is 3.72. The fraction of sp³-hybridized carbons (Fsp3) is 0.529. The minimum atomic E-state index is -0.374. The zero-order valence-corrected chi connectivity index (χ0v) is 13.5. The second kappa shape index (κ2) is 7.42. The molecule has 128 valence electrons. The van der Waals surface area contributed by atoms with Gasteiger partial charge < -0.3 is 10.6 Å². The maximum Gasteiger partial charge on any atom is 0.324 e. The Bertz CT molecular complexity index is 620. The summed E-state index contributed by atoms with van der Waals surface area (Å²) in [5.41, 5.74) is 0.766. The van der Waals surface area contributed by atoms with Crippen LogP contribution >= 0.6 is 0 Å². The highest BCUT2D eigenvalue weighted by Gasteiger charge is 2.41. The highest BCUT2D eigenvalue weighted by atomic mass is 16.2. The lowest BCUT2D eigenvalue weighted by Gasteiger charge is -2.39. The van der Waals surface area contributed by atoms with Gasteiger partial charge in [0, 0.05) is 25.2 Å². The molecule has 1 saturated carbocycles. The number of fused-ring (bicyclic) bond motifs is 1. The predicted octanol–water partition coefficient (Wildman–Crippen LogP) is 1.20. The van der Waals surface area contributed by atoms with E-state index in [0.29, 0.717) is 6.54 Å². The van der Waals surface area contributed by atoms with Gasteiger partial charge in [0.15, 0.2) is 0 Å². The Labute approximate surface area is 140 Å². The largest absolute Gasteiger partial charge is 0.350 e. The van der Waals surface area contributed by atoms with Gasteiger partial charge in [-0.2, -0.15) is 0 Å². The van der Waals surface area contributed by atoms with Gasteiger partial charge in [-0.1, -0.05) is 18.9 Å². The molecule has 0 spiro atoms. The summed E-state index contributed by atoms with van der Waals surface area (Å²) in [7, 11) is 0. The number of carbonyl (C=O) groups excluding carboxylic acids is 3. The number of aromatic nitrogens is 1. The predicted molar refractivity (Wildman–Crippen MR) is 86.7 cm³/mol. The lowest BCUT2D eigenvalue weighted by Crippen LogP contribution is -2.61. The Morgan fingerprint density at radius 2 is 2.12 bits per heavy atom. The van der Waals surface area contributed by atoms with Gasteiger partial charge in [0.25, 0.3) is 0 Å². The number of rotatable bonds is 5. The molecular formula is C17H22N4O3. The van der Waals surface area contributed by atoms with Crippen molar-refractivity contribution in [2.75, 3.05) is 6.54 Å². The van der Waals surface area contributed by atoms with Crippen LogP contribution in [-0.2, 0) is 16.1 Å². The van der Waals surface area contributed by atoms with Crippen molar-refractivity contribution in [1.82, 2.24) is 20.5 Å². The van der Waals surface area contributed by atoms with Crippen LogP contribution in [0.2, 0.25) is 0 Å². The van der Waals surface area contributed by atoms with E-state index in [0.717, 1.165) is 31.4 Å². The number of amides is 4. The number of carbonyl (C=O) groups is 3. The molecule has 24 heavy (non-hydrogen) atoms. The number of pyridine rings is 1. The monoisotopic (exact) mass is 330 g/mol. The van der Waals surface area contributed by atoms with Crippen LogP contribution in [0.3, 0.4) is 0 Å². The summed E-state index contributed by atoms with van der Waals surface area (Å²) in [4.78, 5) is 41.8. The number of nitrogens with one attached hydrogen (secondary N) is 2. The SMILES string of the molecule is O=C(CCN1C(=O)NC2CCCCC2C1=O)NCc1ccccn1. The van der Waals surface area contributed by atoms with Gasteiger partial charge in [-0.25, -0.2) is 4.79 Å². The molecule has 2 aliphatic rings. The lowest BCUT2D eigenvalue weighted by atomic mass is 9.82. The molecule has 2 heterocycles. The summed E-state index contributed by atoms with van der Waals surface area (Å²) in [6.07, 6.45) is 5.50. The highest BCUT2D eigenvalue weighted by Crippen LogP contribution is 2.29. The molecule has 2 N–H and O–H groups in total. The fourth-order valence-corrected chi connectivity index (χ4v) is 3.34. The van der Waals surface area contributed by atoms with Crippen LogP contribution in [0.5, 0.6) is 0 Å². The maximum absolute atomic E-state index is 12.5. The average Bonchev–Trinajstić information content (AvgIpc) is 2.60. The van der Waals surface area contributed by atoms with Crippen molar-refractivity contribution in [3.63, 3.8) is 0 Å². The third-order valence-electron chi connectivity index (χ3n) is 4.66. The molecule has 2 unspecified atom stereocenters. The van der Waals surface area contributed by atoms with Crippen molar-refractivity contribution in [2.24, 2.45) is 5.92 Å². The Morgan fingerprint density at radius 1 is 1.29 bits per heavy atom. The molecule has 1 aliphatic carbocycles. The van der Waals surface area contributed by atoms with E-state index in [1.807, 2.05) is 18.2 Å². The van der Waals surface area contributed by atoms with Crippen LogP contribution < -0.4 is 10.6 Å². The molecule has 1 aromatic heterocycles. The van der Waals surface area contributed by atoms with Crippen molar-refractivity contribution in [1.29, 1.82) is 0 Å². The van der Waals surface area contributed by atoms with Crippen LogP contribution in [-0.4, -0.2) is 40.3 Å². The zero-order chi connectivity index (χ0) is 16.9. The summed E-state index contributed by atoms with van der Waals surface area (Å²) in [5, 5.41) is 5.66. The molecule has 0 aromatic carbocycles. The van der Waals surface area contributed by atoms with Crippen molar-refractivity contribution in [3.8, 4) is 0 Å². The summed E-state index contributed by atoms with van der Waals surface area (Å²) in [5.74, 6) is -0.471. The number of nitrogens with zero attached hydrogens (tertiary/aromatic N) is 2. The van der Waals surface area contributed by atoms with Crippen LogP contribution in [0, 0.1) is 5.92 Å². The minimum Gasteiger partial charge on any atom is -0.350 e. The molecule has 1 aliphatic heterocycles. The summed E-state index contributed by atoms with van der Waals surface area (Å²) in [6, 6.07) is 5.08. The molecular weight excluding hydrogens is 308 g/mol. The molecule has 1 saturated heterocycles. The van der Waals surface area contributed by atoms with Crippen LogP contribution in [0.25, 0.3) is 0 Å². The normalized spacial score (nSPS) is 23.4.